The molecule has 1 aliphatic heterocycles. The fourth-order valence-electron chi connectivity index (χ4n) is 3.98. The van der Waals surface area contributed by atoms with Gasteiger partial charge in [-0.05, 0) is 37.0 Å². The number of nitrogens with zero attached hydrogens (tertiary/aromatic N) is 2. The fourth-order valence-corrected chi connectivity index (χ4v) is 3.98. The molecular formula is C20H28F2N2O2. The van der Waals surface area contributed by atoms with Gasteiger partial charge in [-0.1, -0.05) is 12.1 Å². The maximum Gasteiger partial charge on any atom is 0.248 e. The Labute approximate surface area is 154 Å². The average Bonchev–Trinajstić information content (AvgIpc) is 2.86. The van der Waals surface area contributed by atoms with E-state index in [2.05, 4.69) is 17.0 Å². The van der Waals surface area contributed by atoms with Crippen molar-refractivity contribution in [2.45, 2.75) is 44.6 Å². The summed E-state index contributed by atoms with van der Waals surface area (Å²) in [7, 11) is 1.65. The smallest absolute Gasteiger partial charge is 0.248 e. The lowest BCUT2D eigenvalue weighted by Gasteiger charge is -2.32. The van der Waals surface area contributed by atoms with E-state index in [4.69, 9.17) is 4.74 Å². The zero-order valence-corrected chi connectivity index (χ0v) is 15.4. The van der Waals surface area contributed by atoms with Crippen molar-refractivity contribution >= 4 is 5.91 Å². The minimum absolute atomic E-state index is 0.0735. The van der Waals surface area contributed by atoms with E-state index in [9.17, 15) is 13.6 Å². The largest absolute Gasteiger partial charge is 0.497 e. The molecule has 4 nitrogen and oxygen atoms in total. The molecule has 1 unspecified atom stereocenters. The summed E-state index contributed by atoms with van der Waals surface area (Å²) in [6, 6.07) is 8.01. The van der Waals surface area contributed by atoms with Gasteiger partial charge in [0.15, 0.2) is 0 Å². The lowest BCUT2D eigenvalue weighted by atomic mass is 9.85. The van der Waals surface area contributed by atoms with Gasteiger partial charge in [-0.3, -0.25) is 9.69 Å². The van der Waals surface area contributed by atoms with Crippen molar-refractivity contribution in [1.29, 1.82) is 0 Å². The van der Waals surface area contributed by atoms with Crippen molar-refractivity contribution in [2.24, 2.45) is 5.92 Å². The predicted octanol–water partition coefficient (Wildman–Crippen LogP) is 3.56. The van der Waals surface area contributed by atoms with Crippen molar-refractivity contribution in [1.82, 2.24) is 9.80 Å². The van der Waals surface area contributed by atoms with Crippen LogP contribution in [0.2, 0.25) is 0 Å². The van der Waals surface area contributed by atoms with Crippen LogP contribution in [0.4, 0.5) is 8.78 Å². The van der Waals surface area contributed by atoms with E-state index in [-0.39, 0.29) is 18.7 Å². The van der Waals surface area contributed by atoms with E-state index in [1.165, 1.54) is 5.56 Å². The quantitative estimate of drug-likeness (QED) is 0.817. The molecule has 6 heteroatoms. The molecule has 1 saturated heterocycles. The van der Waals surface area contributed by atoms with Crippen molar-refractivity contribution in [3.63, 3.8) is 0 Å². The fraction of sp³-hybridized carbons (Fsp3) is 0.650. The van der Waals surface area contributed by atoms with Gasteiger partial charge in [0.2, 0.25) is 11.8 Å². The van der Waals surface area contributed by atoms with Crippen LogP contribution in [0.1, 0.15) is 37.7 Å². The maximum absolute atomic E-state index is 13.6. The van der Waals surface area contributed by atoms with Crippen LogP contribution in [-0.2, 0) is 11.3 Å². The van der Waals surface area contributed by atoms with Crippen LogP contribution in [0.5, 0.6) is 5.75 Å². The number of hydrogen-bond acceptors (Lipinski definition) is 3. The zero-order chi connectivity index (χ0) is 18.6. The Hall–Kier alpha value is -1.69. The second-order valence-corrected chi connectivity index (χ2v) is 7.45. The molecule has 144 valence electrons. The molecule has 1 saturated carbocycles. The van der Waals surface area contributed by atoms with Crippen LogP contribution in [0.15, 0.2) is 24.3 Å². The third kappa shape index (κ3) is 4.93. The first-order chi connectivity index (χ1) is 12.5. The summed E-state index contributed by atoms with van der Waals surface area (Å²) in [6.45, 7) is 3.81. The van der Waals surface area contributed by atoms with Crippen LogP contribution < -0.4 is 4.74 Å². The van der Waals surface area contributed by atoms with Gasteiger partial charge < -0.3 is 9.64 Å². The molecule has 1 aromatic carbocycles. The van der Waals surface area contributed by atoms with E-state index in [1.807, 2.05) is 12.1 Å². The highest BCUT2D eigenvalue weighted by Gasteiger charge is 2.40. The number of hydrogen-bond donors (Lipinski definition) is 0. The molecular weight excluding hydrogens is 338 g/mol. The van der Waals surface area contributed by atoms with Crippen molar-refractivity contribution in [2.75, 3.05) is 33.3 Å². The van der Waals surface area contributed by atoms with Crippen LogP contribution in [-0.4, -0.2) is 54.9 Å². The molecule has 0 bridgehead atoms. The number of amides is 1. The van der Waals surface area contributed by atoms with Crippen LogP contribution in [0, 0.1) is 5.92 Å². The number of halogens is 2. The Morgan fingerprint density at radius 2 is 1.92 bits per heavy atom. The SMILES string of the molecule is COc1ccc(CN2CCCN(C(=O)C3CCCC(F)(F)C3)CC2)cc1. The van der Waals surface area contributed by atoms with Gasteiger partial charge in [0.1, 0.15) is 5.75 Å². The van der Waals surface area contributed by atoms with Crippen molar-refractivity contribution in [3.05, 3.63) is 29.8 Å². The van der Waals surface area contributed by atoms with Gasteiger partial charge in [-0.15, -0.1) is 0 Å². The van der Waals surface area contributed by atoms with Gasteiger partial charge in [-0.25, -0.2) is 8.78 Å². The highest BCUT2D eigenvalue weighted by atomic mass is 19.3. The third-order valence-corrected chi connectivity index (χ3v) is 5.45. The minimum Gasteiger partial charge on any atom is -0.497 e. The molecule has 1 aromatic rings. The van der Waals surface area contributed by atoms with Crippen molar-refractivity contribution < 1.29 is 18.3 Å². The number of rotatable bonds is 4. The molecule has 0 aromatic heterocycles. The van der Waals surface area contributed by atoms with Gasteiger partial charge >= 0.3 is 0 Å². The molecule has 26 heavy (non-hydrogen) atoms. The highest BCUT2D eigenvalue weighted by molar-refractivity contribution is 5.79. The second kappa shape index (κ2) is 8.33. The predicted molar refractivity (Wildman–Crippen MR) is 96.4 cm³/mol. The second-order valence-electron chi connectivity index (χ2n) is 7.45. The van der Waals surface area contributed by atoms with Crippen LogP contribution in [0.3, 0.4) is 0 Å². The van der Waals surface area contributed by atoms with Gasteiger partial charge in [0.05, 0.1) is 7.11 Å². The third-order valence-electron chi connectivity index (χ3n) is 5.45. The van der Waals surface area contributed by atoms with E-state index in [1.54, 1.807) is 12.0 Å². The maximum atomic E-state index is 13.6. The number of ether oxygens (including phenoxy) is 1. The summed E-state index contributed by atoms with van der Waals surface area (Å²) in [5, 5.41) is 0. The molecule has 1 heterocycles. The Balaban J connectivity index is 1.53. The summed E-state index contributed by atoms with van der Waals surface area (Å²) in [4.78, 5) is 16.8. The molecule has 0 radical (unpaired) electrons. The molecule has 2 fully saturated rings. The summed E-state index contributed by atoms with van der Waals surface area (Å²) in [5.74, 6) is -2.42. The molecule has 1 aliphatic carbocycles. The molecule has 0 spiro atoms. The summed E-state index contributed by atoms with van der Waals surface area (Å²) >= 11 is 0. The number of carbonyl (C=O) groups is 1. The standard InChI is InChI=1S/C20H28F2N2O2/c1-26-18-7-5-16(6-8-18)15-23-10-3-11-24(13-12-23)19(25)17-4-2-9-20(21,22)14-17/h5-8,17H,2-4,9-15H2,1H3. The summed E-state index contributed by atoms with van der Waals surface area (Å²) < 4.78 is 32.4. The Bertz CT molecular complexity index is 606. The number of benzene rings is 1. The topological polar surface area (TPSA) is 32.8 Å². The zero-order valence-electron chi connectivity index (χ0n) is 15.4. The average molecular weight is 366 g/mol. The first-order valence-corrected chi connectivity index (χ1v) is 9.49. The highest BCUT2D eigenvalue weighted by Crippen LogP contribution is 2.37. The Kier molecular flexibility index (Phi) is 6.12. The van der Waals surface area contributed by atoms with Gasteiger partial charge in [-0.2, -0.15) is 0 Å². The Morgan fingerprint density at radius 1 is 1.15 bits per heavy atom. The molecule has 1 amide bonds. The molecule has 3 rings (SSSR count). The summed E-state index contributed by atoms with van der Waals surface area (Å²) in [6.07, 6.45) is 1.57. The lowest BCUT2D eigenvalue weighted by molar-refractivity contribution is -0.142. The Morgan fingerprint density at radius 3 is 2.62 bits per heavy atom. The normalized spacial score (nSPS) is 24.1. The monoisotopic (exact) mass is 366 g/mol. The first kappa shape index (κ1) is 19.1. The molecule has 2 aliphatic rings. The van der Waals surface area contributed by atoms with E-state index in [0.29, 0.717) is 25.9 Å². The number of carbonyl (C=O) groups excluding carboxylic acids is 1. The van der Waals surface area contributed by atoms with Gasteiger partial charge in [0.25, 0.3) is 0 Å². The van der Waals surface area contributed by atoms with Crippen molar-refractivity contribution in [3.8, 4) is 5.75 Å². The number of methoxy groups -OCH3 is 1. The number of alkyl halides is 2. The van der Waals surface area contributed by atoms with Gasteiger partial charge in [0, 0.05) is 51.5 Å². The van der Waals surface area contributed by atoms with E-state index < -0.39 is 11.8 Å². The summed E-state index contributed by atoms with van der Waals surface area (Å²) in [5.41, 5.74) is 1.21. The van der Waals surface area contributed by atoms with Crippen LogP contribution in [0.25, 0.3) is 0 Å². The first-order valence-electron chi connectivity index (χ1n) is 9.49. The lowest BCUT2D eigenvalue weighted by Crippen LogP contribution is -2.42. The van der Waals surface area contributed by atoms with Crippen LogP contribution >= 0.6 is 0 Å². The van der Waals surface area contributed by atoms with E-state index in [0.717, 1.165) is 31.8 Å². The molecule has 0 N–H and O–H groups in total. The molecule has 1 atom stereocenters. The van der Waals surface area contributed by atoms with E-state index >= 15 is 0 Å². The minimum atomic E-state index is -2.68.